The van der Waals surface area contributed by atoms with Crippen LogP contribution in [0.5, 0.6) is 0 Å². The van der Waals surface area contributed by atoms with Crippen LogP contribution in [0.1, 0.15) is 32.1 Å². The maximum Gasteiger partial charge on any atom is 0.314 e. The van der Waals surface area contributed by atoms with Crippen molar-refractivity contribution in [1.29, 1.82) is 0 Å². The molecule has 13 nitrogen and oxygen atoms in total. The molecule has 0 aliphatic heterocycles. The Bertz CT molecular complexity index is 379. The van der Waals surface area contributed by atoms with Crippen LogP contribution in [-0.4, -0.2) is 78.2 Å². The lowest BCUT2D eigenvalue weighted by Crippen LogP contribution is -2.03. The van der Waals surface area contributed by atoms with Gasteiger partial charge in [-0.2, -0.15) is 0 Å². The van der Waals surface area contributed by atoms with Gasteiger partial charge in [-0.3, -0.25) is 19.2 Å². The molecule has 26 heavy (non-hydrogen) atoms. The van der Waals surface area contributed by atoms with Gasteiger partial charge in [-0.05, 0) is 12.8 Å². The van der Waals surface area contributed by atoms with E-state index in [9.17, 15) is 19.2 Å². The quantitative estimate of drug-likeness (QED) is 0.110. The molecule has 0 saturated heterocycles. The SMILES string of the molecule is O=C(O)CC(=O)O.O=C(O)CC/C=C\CCO.O=C(O)CCO.OOO. The number of carboxylic acid groups (broad SMARTS) is 4. The number of aliphatic hydroxyl groups excluding tert-OH is 2. The summed E-state index contributed by atoms with van der Waals surface area (Å²) >= 11 is 0. The number of carbonyl (C=O) groups is 4. The second-order valence-corrected chi connectivity index (χ2v) is 3.83. The minimum Gasteiger partial charge on any atom is -0.481 e. The average Bonchev–Trinajstić information content (AvgIpc) is 2.47. The topological polar surface area (TPSA) is 239 Å². The molecule has 0 unspecified atom stereocenters. The zero-order valence-corrected chi connectivity index (χ0v) is 13.7. The highest BCUT2D eigenvalue weighted by Gasteiger charge is 2.01. The number of hydrogen-bond acceptors (Lipinski definition) is 9. The molecule has 0 rings (SSSR count). The second-order valence-electron chi connectivity index (χ2n) is 3.83. The Balaban J connectivity index is -0.000000134. The smallest absolute Gasteiger partial charge is 0.314 e. The lowest BCUT2D eigenvalue weighted by molar-refractivity contribution is -0.465. The first kappa shape index (κ1) is 31.2. The monoisotopic (exact) mass is 388 g/mol. The van der Waals surface area contributed by atoms with Gasteiger partial charge in [0, 0.05) is 13.0 Å². The second kappa shape index (κ2) is 27.3. The van der Waals surface area contributed by atoms with Crippen molar-refractivity contribution in [2.24, 2.45) is 0 Å². The number of aliphatic hydroxyl groups is 2. The Morgan fingerprint density at radius 3 is 1.23 bits per heavy atom. The number of carboxylic acids is 4. The summed E-state index contributed by atoms with van der Waals surface area (Å²) in [6.07, 6.45) is 3.92. The molecule has 0 aromatic carbocycles. The fourth-order valence-electron chi connectivity index (χ4n) is 0.742. The summed E-state index contributed by atoms with van der Waals surface area (Å²) < 4.78 is 0. The van der Waals surface area contributed by atoms with Crippen LogP contribution in [-0.2, 0) is 24.2 Å². The Kier molecular flexibility index (Phi) is 32.7. The predicted molar refractivity (Wildman–Crippen MR) is 83.3 cm³/mol. The van der Waals surface area contributed by atoms with E-state index in [0.29, 0.717) is 12.8 Å². The van der Waals surface area contributed by atoms with E-state index in [-0.39, 0.29) is 26.1 Å². The molecule has 8 N–H and O–H groups in total. The minimum absolute atomic E-state index is 0.129. The van der Waals surface area contributed by atoms with Gasteiger partial charge in [-0.15, -0.1) is 0 Å². The lowest BCUT2D eigenvalue weighted by atomic mass is 10.3. The highest BCUT2D eigenvalue weighted by atomic mass is 17.4. The highest BCUT2D eigenvalue weighted by Crippen LogP contribution is 1.91. The molecule has 13 heteroatoms. The van der Waals surface area contributed by atoms with Gasteiger partial charge in [-0.1, -0.05) is 17.2 Å². The molecule has 0 aliphatic rings. The number of rotatable bonds is 9. The first-order valence-electron chi connectivity index (χ1n) is 6.77. The molecular weight excluding hydrogens is 364 g/mol. The third-order valence-electron chi connectivity index (χ3n) is 1.62. The Morgan fingerprint density at radius 2 is 1.04 bits per heavy atom. The fourth-order valence-corrected chi connectivity index (χ4v) is 0.742. The van der Waals surface area contributed by atoms with Crippen LogP contribution < -0.4 is 0 Å². The van der Waals surface area contributed by atoms with Gasteiger partial charge < -0.3 is 30.6 Å². The van der Waals surface area contributed by atoms with Gasteiger partial charge in [0.05, 0.1) is 13.0 Å². The van der Waals surface area contributed by atoms with Gasteiger partial charge >= 0.3 is 23.9 Å². The van der Waals surface area contributed by atoms with E-state index in [1.165, 1.54) is 0 Å². The molecule has 154 valence electrons. The molecule has 0 bridgehead atoms. The van der Waals surface area contributed by atoms with Crippen molar-refractivity contribution < 1.29 is 65.4 Å². The van der Waals surface area contributed by atoms with E-state index in [1.807, 2.05) is 0 Å². The molecule has 0 aromatic rings. The lowest BCUT2D eigenvalue weighted by Gasteiger charge is -1.86. The van der Waals surface area contributed by atoms with E-state index < -0.39 is 30.3 Å². The molecule has 0 heterocycles. The molecule has 0 fully saturated rings. The third-order valence-corrected chi connectivity index (χ3v) is 1.62. The molecule has 0 aliphatic carbocycles. The van der Waals surface area contributed by atoms with Gasteiger partial charge in [-0.25, -0.2) is 10.5 Å². The van der Waals surface area contributed by atoms with E-state index in [1.54, 1.807) is 12.2 Å². The van der Waals surface area contributed by atoms with E-state index >= 15 is 0 Å². The van der Waals surface area contributed by atoms with Crippen LogP contribution >= 0.6 is 0 Å². The van der Waals surface area contributed by atoms with Crippen LogP contribution in [0.3, 0.4) is 0 Å². The molecule has 0 spiro atoms. The number of hydrogen-bond donors (Lipinski definition) is 8. The van der Waals surface area contributed by atoms with Gasteiger partial charge in [0.25, 0.3) is 0 Å². The van der Waals surface area contributed by atoms with Crippen molar-refractivity contribution in [2.75, 3.05) is 13.2 Å². The van der Waals surface area contributed by atoms with E-state index in [4.69, 9.17) is 41.2 Å². The molecule has 0 aromatic heterocycles. The maximum atomic E-state index is 9.95. The minimum atomic E-state index is -1.31. The molecular formula is C13H24O13. The Hall–Kier alpha value is -2.58. The van der Waals surface area contributed by atoms with Crippen molar-refractivity contribution >= 4 is 23.9 Å². The average molecular weight is 388 g/mol. The largest absolute Gasteiger partial charge is 0.481 e. The summed E-state index contributed by atoms with van der Waals surface area (Å²) in [5.41, 5.74) is 0. The summed E-state index contributed by atoms with van der Waals surface area (Å²) in [7, 11) is 0. The first-order valence-corrected chi connectivity index (χ1v) is 6.77. The number of allylic oxidation sites excluding steroid dienone is 1. The van der Waals surface area contributed by atoms with Gasteiger partial charge in [0.2, 0.25) is 0 Å². The molecule has 0 atom stereocenters. The van der Waals surface area contributed by atoms with Crippen LogP contribution in [0.2, 0.25) is 0 Å². The predicted octanol–water partition coefficient (Wildman–Crippen LogP) is -0.262. The number of aliphatic carboxylic acids is 4. The van der Waals surface area contributed by atoms with Crippen molar-refractivity contribution in [3.63, 3.8) is 0 Å². The Morgan fingerprint density at radius 1 is 0.654 bits per heavy atom. The summed E-state index contributed by atoms with van der Waals surface area (Å²) in [5, 5.41) is 63.0. The van der Waals surface area contributed by atoms with Gasteiger partial charge in [0.15, 0.2) is 0 Å². The maximum absolute atomic E-state index is 9.95. The standard InChI is InChI=1S/C7H12O3.C3H4O4.C3H6O3.H2O3/c8-6-4-2-1-3-5-7(9)10;4-2(5)1-3(6)7;4-2-1-3(5)6;1-3-2/h1-2,8H,3-6H2,(H,9,10);1H2,(H,4,5)(H,6,7);4H,1-2H2,(H,5,6);1-2H/b2-1-;;;. The van der Waals surface area contributed by atoms with Crippen molar-refractivity contribution in [3.8, 4) is 0 Å². The third kappa shape index (κ3) is 68.5. The van der Waals surface area contributed by atoms with E-state index in [0.717, 1.165) is 0 Å². The summed E-state index contributed by atoms with van der Waals surface area (Å²) in [6.45, 7) is -0.140. The molecule has 0 saturated carbocycles. The first-order chi connectivity index (χ1) is 12.1. The van der Waals surface area contributed by atoms with Crippen LogP contribution in [0.15, 0.2) is 12.2 Å². The molecule has 0 radical (unpaired) electrons. The summed E-state index contributed by atoms with van der Waals surface area (Å²) in [6, 6.07) is 0. The van der Waals surface area contributed by atoms with Crippen LogP contribution in [0.25, 0.3) is 0 Å². The van der Waals surface area contributed by atoms with Crippen LogP contribution in [0.4, 0.5) is 0 Å². The normalized spacial score (nSPS) is 8.77. The Labute approximate surface area is 147 Å². The molecule has 0 amide bonds. The van der Waals surface area contributed by atoms with Crippen molar-refractivity contribution in [1.82, 2.24) is 0 Å². The summed E-state index contributed by atoms with van der Waals surface area (Å²) in [5.74, 6) is -4.37. The van der Waals surface area contributed by atoms with Crippen molar-refractivity contribution in [2.45, 2.75) is 32.1 Å². The van der Waals surface area contributed by atoms with Crippen molar-refractivity contribution in [3.05, 3.63) is 12.2 Å². The fraction of sp³-hybridized carbons (Fsp3) is 0.538. The van der Waals surface area contributed by atoms with Crippen LogP contribution in [0, 0.1) is 0 Å². The summed E-state index contributed by atoms with van der Waals surface area (Å²) in [4.78, 5) is 38.2. The zero-order chi connectivity index (χ0) is 21.4. The van der Waals surface area contributed by atoms with E-state index in [2.05, 4.69) is 5.04 Å². The van der Waals surface area contributed by atoms with Gasteiger partial charge in [0.1, 0.15) is 6.42 Å². The highest BCUT2D eigenvalue weighted by molar-refractivity contribution is 5.88. The zero-order valence-electron chi connectivity index (χ0n) is 13.7.